The predicted octanol–water partition coefficient (Wildman–Crippen LogP) is 5.69. The Bertz CT molecular complexity index is 1060. The van der Waals surface area contributed by atoms with Gasteiger partial charge in [0, 0.05) is 44.3 Å². The van der Waals surface area contributed by atoms with Gasteiger partial charge in [0.25, 0.3) is 0 Å². The average Bonchev–Trinajstić information content (AvgIpc) is 2.87. The molecule has 6 nitrogen and oxygen atoms in total. The van der Waals surface area contributed by atoms with Gasteiger partial charge in [0.15, 0.2) is 0 Å². The first-order valence-corrected chi connectivity index (χ1v) is 12.3. The molecule has 2 heterocycles. The Hall–Kier alpha value is -3.02. The third-order valence-corrected chi connectivity index (χ3v) is 6.61. The number of hydrogen-bond donors (Lipinski definition) is 1. The molecule has 0 spiro atoms. The van der Waals surface area contributed by atoms with Crippen LogP contribution >= 0.6 is 0 Å². The average molecular weight is 448 g/mol. The van der Waals surface area contributed by atoms with Crippen molar-refractivity contribution in [2.75, 3.05) is 55.5 Å². The highest BCUT2D eigenvalue weighted by molar-refractivity contribution is 5.93. The van der Waals surface area contributed by atoms with Crippen molar-refractivity contribution in [2.45, 2.75) is 45.4 Å². The maximum Gasteiger partial charge on any atom is 0.224 e. The predicted molar refractivity (Wildman–Crippen MR) is 139 cm³/mol. The van der Waals surface area contributed by atoms with Gasteiger partial charge in [0.1, 0.15) is 11.6 Å². The molecule has 33 heavy (non-hydrogen) atoms. The zero-order valence-corrected chi connectivity index (χ0v) is 20.5. The maximum absolute atomic E-state index is 5.63. The topological polar surface area (TPSA) is 53.5 Å². The van der Waals surface area contributed by atoms with Gasteiger partial charge in [-0.15, -0.1) is 0 Å². The minimum absolute atomic E-state index is 0.509. The number of rotatable bonds is 9. The van der Waals surface area contributed by atoms with Gasteiger partial charge in [0.2, 0.25) is 5.95 Å². The monoisotopic (exact) mass is 447 g/mol. The number of piperidine rings is 1. The summed E-state index contributed by atoms with van der Waals surface area (Å²) in [4.78, 5) is 14.6. The van der Waals surface area contributed by atoms with Gasteiger partial charge in [-0.2, -0.15) is 4.98 Å². The van der Waals surface area contributed by atoms with Crippen LogP contribution in [0.5, 0.6) is 5.75 Å². The van der Waals surface area contributed by atoms with Gasteiger partial charge in [-0.05, 0) is 61.4 Å². The summed E-state index contributed by atoms with van der Waals surface area (Å²) < 4.78 is 5.63. The Morgan fingerprint density at radius 3 is 2.42 bits per heavy atom. The van der Waals surface area contributed by atoms with Gasteiger partial charge in [-0.1, -0.05) is 32.0 Å². The first-order valence-electron chi connectivity index (χ1n) is 12.3. The number of methoxy groups -OCH3 is 1. The van der Waals surface area contributed by atoms with Crippen molar-refractivity contribution in [3.63, 3.8) is 0 Å². The molecule has 1 aliphatic heterocycles. The summed E-state index contributed by atoms with van der Waals surface area (Å²) in [6, 6.07) is 15.1. The number of anilines is 3. The second kappa shape index (κ2) is 10.7. The van der Waals surface area contributed by atoms with E-state index in [0.717, 1.165) is 74.3 Å². The molecule has 1 fully saturated rings. The smallest absolute Gasteiger partial charge is 0.224 e. The molecule has 0 unspecified atom stereocenters. The molecule has 0 bridgehead atoms. The zero-order valence-electron chi connectivity index (χ0n) is 20.5. The van der Waals surface area contributed by atoms with E-state index in [-0.39, 0.29) is 0 Å². The van der Waals surface area contributed by atoms with E-state index in [0.29, 0.717) is 11.9 Å². The van der Waals surface area contributed by atoms with Crippen molar-refractivity contribution in [3.05, 3.63) is 48.0 Å². The molecule has 1 aliphatic rings. The van der Waals surface area contributed by atoms with Crippen LogP contribution in [0.15, 0.2) is 42.5 Å². The highest BCUT2D eigenvalue weighted by atomic mass is 16.5. The van der Waals surface area contributed by atoms with Crippen molar-refractivity contribution in [3.8, 4) is 5.75 Å². The van der Waals surface area contributed by atoms with E-state index >= 15 is 0 Å². The highest BCUT2D eigenvalue weighted by Crippen LogP contribution is 2.37. The summed E-state index contributed by atoms with van der Waals surface area (Å²) in [7, 11) is 3.65. The standard InChI is InChI=1S/C27H37N5O/c1-5-15-31(16-6-2)21-11-12-24-23(19-21)26(30-27(28-3)29-24)32-17-13-20(14-18-32)22-9-7-8-10-25(22)33-4/h7-12,19-20H,5-6,13-18H2,1-4H3,(H,28,29,30). The van der Waals surface area contributed by atoms with Crippen LogP contribution in [-0.4, -0.2) is 50.3 Å². The summed E-state index contributed by atoms with van der Waals surface area (Å²) in [6.45, 7) is 8.54. The molecule has 6 heteroatoms. The van der Waals surface area contributed by atoms with Gasteiger partial charge in [0.05, 0.1) is 12.6 Å². The number of fused-ring (bicyclic) bond motifs is 1. The van der Waals surface area contributed by atoms with E-state index in [9.17, 15) is 0 Å². The van der Waals surface area contributed by atoms with Crippen molar-refractivity contribution in [1.82, 2.24) is 9.97 Å². The Balaban J connectivity index is 1.64. The van der Waals surface area contributed by atoms with Crippen molar-refractivity contribution in [2.24, 2.45) is 0 Å². The molecule has 0 aliphatic carbocycles. The molecule has 3 aromatic rings. The number of benzene rings is 2. The van der Waals surface area contributed by atoms with E-state index < -0.39 is 0 Å². The molecule has 1 aromatic heterocycles. The van der Waals surface area contributed by atoms with Crippen molar-refractivity contribution in [1.29, 1.82) is 0 Å². The molecule has 0 radical (unpaired) electrons. The molecule has 0 saturated carbocycles. The molecule has 4 rings (SSSR count). The van der Waals surface area contributed by atoms with Crippen LogP contribution in [-0.2, 0) is 0 Å². The second-order valence-electron chi connectivity index (χ2n) is 8.81. The summed E-state index contributed by atoms with van der Waals surface area (Å²) in [5.41, 5.74) is 3.57. The lowest BCUT2D eigenvalue weighted by Crippen LogP contribution is -2.34. The summed E-state index contributed by atoms with van der Waals surface area (Å²) in [5, 5.41) is 4.29. The number of nitrogens with one attached hydrogen (secondary N) is 1. The highest BCUT2D eigenvalue weighted by Gasteiger charge is 2.25. The fraction of sp³-hybridized carbons (Fsp3) is 0.481. The molecular weight excluding hydrogens is 410 g/mol. The number of aromatic nitrogens is 2. The van der Waals surface area contributed by atoms with Crippen LogP contribution < -0.4 is 19.9 Å². The van der Waals surface area contributed by atoms with E-state index in [2.05, 4.69) is 65.4 Å². The third-order valence-electron chi connectivity index (χ3n) is 6.61. The Labute approximate surface area is 198 Å². The van der Waals surface area contributed by atoms with Crippen molar-refractivity contribution >= 4 is 28.4 Å². The fourth-order valence-electron chi connectivity index (χ4n) is 4.97. The maximum atomic E-state index is 5.63. The first-order chi connectivity index (χ1) is 16.2. The zero-order chi connectivity index (χ0) is 23.2. The van der Waals surface area contributed by atoms with E-state index in [1.54, 1.807) is 7.11 Å². The van der Waals surface area contributed by atoms with Gasteiger partial charge < -0.3 is 19.9 Å². The number of para-hydroxylation sites is 1. The van der Waals surface area contributed by atoms with Gasteiger partial charge >= 0.3 is 0 Å². The van der Waals surface area contributed by atoms with Crippen LogP contribution in [0.1, 0.15) is 51.0 Å². The Morgan fingerprint density at radius 2 is 1.76 bits per heavy atom. The largest absolute Gasteiger partial charge is 0.496 e. The van der Waals surface area contributed by atoms with E-state index in [1.807, 2.05) is 13.1 Å². The minimum Gasteiger partial charge on any atom is -0.496 e. The normalized spacial score (nSPS) is 14.5. The van der Waals surface area contributed by atoms with Crippen LogP contribution in [0.4, 0.5) is 17.5 Å². The van der Waals surface area contributed by atoms with E-state index in [1.165, 1.54) is 11.3 Å². The number of ether oxygens (including phenoxy) is 1. The summed E-state index contributed by atoms with van der Waals surface area (Å²) in [6.07, 6.45) is 4.43. The minimum atomic E-state index is 0.509. The molecule has 0 amide bonds. The molecule has 1 saturated heterocycles. The van der Waals surface area contributed by atoms with Crippen LogP contribution in [0.3, 0.4) is 0 Å². The molecule has 1 N–H and O–H groups in total. The van der Waals surface area contributed by atoms with E-state index in [4.69, 9.17) is 14.7 Å². The summed E-state index contributed by atoms with van der Waals surface area (Å²) >= 11 is 0. The summed E-state index contributed by atoms with van der Waals surface area (Å²) in [5.74, 6) is 3.22. The fourth-order valence-corrected chi connectivity index (χ4v) is 4.97. The molecule has 176 valence electrons. The Morgan fingerprint density at radius 1 is 1.03 bits per heavy atom. The lowest BCUT2D eigenvalue weighted by Gasteiger charge is -2.34. The molecular formula is C27H37N5O. The lowest BCUT2D eigenvalue weighted by molar-refractivity contribution is 0.397. The SMILES string of the molecule is CCCN(CCC)c1ccc2nc(NC)nc(N3CCC(c4ccccc4OC)CC3)c2c1. The second-order valence-corrected chi connectivity index (χ2v) is 8.81. The molecule has 2 aromatic carbocycles. The first kappa shape index (κ1) is 23.1. The number of nitrogens with zero attached hydrogens (tertiary/aromatic N) is 4. The Kier molecular flexibility index (Phi) is 7.53. The van der Waals surface area contributed by atoms with Crippen LogP contribution in [0.2, 0.25) is 0 Å². The van der Waals surface area contributed by atoms with Crippen LogP contribution in [0, 0.1) is 0 Å². The van der Waals surface area contributed by atoms with Crippen molar-refractivity contribution < 1.29 is 4.74 Å². The van der Waals surface area contributed by atoms with Gasteiger partial charge in [-0.25, -0.2) is 4.98 Å². The van der Waals surface area contributed by atoms with Gasteiger partial charge in [-0.3, -0.25) is 0 Å². The number of hydrogen-bond acceptors (Lipinski definition) is 6. The lowest BCUT2D eigenvalue weighted by atomic mass is 9.88. The third kappa shape index (κ3) is 5.00. The quantitative estimate of drug-likeness (QED) is 0.455. The molecule has 0 atom stereocenters. The van der Waals surface area contributed by atoms with Crippen LogP contribution in [0.25, 0.3) is 10.9 Å².